The third-order valence-corrected chi connectivity index (χ3v) is 2.12. The Morgan fingerprint density at radius 2 is 1.94 bits per heavy atom. The normalized spacial score (nSPS) is 12.6. The van der Waals surface area contributed by atoms with Crippen LogP contribution in [0.3, 0.4) is 0 Å². The average Bonchev–Trinajstić information content (AvgIpc) is 2.25. The van der Waals surface area contributed by atoms with Crippen molar-refractivity contribution in [3.05, 3.63) is 35.1 Å². The number of halogens is 5. The van der Waals surface area contributed by atoms with Crippen LogP contribution in [0.2, 0.25) is 0 Å². The first kappa shape index (κ1) is 16.7. The summed E-state index contributed by atoms with van der Waals surface area (Å²) in [7, 11) is 1.01. The molecule has 0 aliphatic rings. The summed E-state index contributed by atoms with van der Waals surface area (Å²) in [5.74, 6) is -2.57. The molecule has 0 bridgehead atoms. The molecular formula is C10H10ClF4NO2. The van der Waals surface area contributed by atoms with Crippen LogP contribution in [0.15, 0.2) is 18.2 Å². The van der Waals surface area contributed by atoms with Crippen molar-refractivity contribution in [3.63, 3.8) is 0 Å². The first-order chi connectivity index (χ1) is 7.79. The van der Waals surface area contributed by atoms with E-state index in [1.54, 1.807) is 0 Å². The van der Waals surface area contributed by atoms with E-state index < -0.39 is 35.1 Å². The van der Waals surface area contributed by atoms with E-state index in [2.05, 4.69) is 4.74 Å². The van der Waals surface area contributed by atoms with Crippen LogP contribution in [0.5, 0.6) is 0 Å². The molecule has 0 amide bonds. The van der Waals surface area contributed by atoms with Gasteiger partial charge in [-0.15, -0.1) is 12.4 Å². The van der Waals surface area contributed by atoms with Gasteiger partial charge >= 0.3 is 12.1 Å². The summed E-state index contributed by atoms with van der Waals surface area (Å²) in [5.41, 5.74) is 3.27. The fourth-order valence-electron chi connectivity index (χ4n) is 1.26. The number of carbonyl (C=O) groups is 1. The van der Waals surface area contributed by atoms with E-state index in [4.69, 9.17) is 5.73 Å². The fraction of sp³-hybridized carbons (Fsp3) is 0.300. The highest BCUT2D eigenvalue weighted by molar-refractivity contribution is 5.85. The number of hydrogen-bond donors (Lipinski definition) is 1. The largest absolute Gasteiger partial charge is 0.468 e. The number of hydrogen-bond acceptors (Lipinski definition) is 3. The van der Waals surface area contributed by atoms with Gasteiger partial charge in [-0.1, -0.05) is 12.1 Å². The topological polar surface area (TPSA) is 52.3 Å². The van der Waals surface area contributed by atoms with Gasteiger partial charge in [0.15, 0.2) is 0 Å². The van der Waals surface area contributed by atoms with E-state index >= 15 is 0 Å². The standard InChI is InChI=1S/C10H9F4NO2.ClH/c1-17-9(16)8(15)5-3-2-4-6(7(5)11)10(12,13)14;/h2-4,8H,15H2,1H3;1H/t8-;/m0./s1. The maximum absolute atomic E-state index is 13.5. The van der Waals surface area contributed by atoms with E-state index in [1.165, 1.54) is 0 Å². The number of rotatable bonds is 2. The Kier molecular flexibility index (Phi) is 5.56. The third-order valence-electron chi connectivity index (χ3n) is 2.12. The van der Waals surface area contributed by atoms with Gasteiger partial charge in [0.05, 0.1) is 12.7 Å². The molecule has 3 nitrogen and oxygen atoms in total. The lowest BCUT2D eigenvalue weighted by Gasteiger charge is -2.14. The zero-order valence-corrected chi connectivity index (χ0v) is 9.94. The number of carbonyl (C=O) groups excluding carboxylic acids is 1. The van der Waals surface area contributed by atoms with Crippen LogP contribution < -0.4 is 5.73 Å². The molecule has 18 heavy (non-hydrogen) atoms. The predicted octanol–water partition coefficient (Wildman–Crippen LogP) is 2.44. The minimum absolute atomic E-state index is 0. The second-order valence-electron chi connectivity index (χ2n) is 3.21. The van der Waals surface area contributed by atoms with Crippen LogP contribution in [0.1, 0.15) is 17.2 Å². The number of ether oxygens (including phenoxy) is 1. The number of methoxy groups -OCH3 is 1. The minimum Gasteiger partial charge on any atom is -0.468 e. The highest BCUT2D eigenvalue weighted by Gasteiger charge is 2.36. The van der Waals surface area contributed by atoms with Crippen LogP contribution in [0, 0.1) is 5.82 Å². The zero-order valence-electron chi connectivity index (χ0n) is 9.12. The smallest absolute Gasteiger partial charge is 0.419 e. The molecule has 0 fully saturated rings. The lowest BCUT2D eigenvalue weighted by Crippen LogP contribution is -2.24. The van der Waals surface area contributed by atoms with Crippen molar-refractivity contribution in [2.45, 2.75) is 12.2 Å². The molecule has 102 valence electrons. The Labute approximate surface area is 106 Å². The molecule has 0 aliphatic carbocycles. The number of nitrogens with two attached hydrogens (primary N) is 1. The van der Waals surface area contributed by atoms with Crippen LogP contribution >= 0.6 is 12.4 Å². The van der Waals surface area contributed by atoms with Crippen LogP contribution in [0.4, 0.5) is 17.6 Å². The lowest BCUT2D eigenvalue weighted by molar-refractivity contribution is -0.143. The predicted molar refractivity (Wildman–Crippen MR) is 57.6 cm³/mol. The van der Waals surface area contributed by atoms with Gasteiger partial charge in [0.1, 0.15) is 11.9 Å². The second kappa shape index (κ2) is 6.01. The van der Waals surface area contributed by atoms with Crippen molar-refractivity contribution < 1.29 is 27.1 Å². The van der Waals surface area contributed by atoms with Crippen molar-refractivity contribution in [3.8, 4) is 0 Å². The molecular weight excluding hydrogens is 278 g/mol. The van der Waals surface area contributed by atoms with Gasteiger partial charge in [-0.25, -0.2) is 4.39 Å². The van der Waals surface area contributed by atoms with E-state index in [0.717, 1.165) is 19.2 Å². The molecule has 1 aromatic rings. The fourth-order valence-corrected chi connectivity index (χ4v) is 1.26. The Morgan fingerprint density at radius 3 is 2.39 bits per heavy atom. The second-order valence-corrected chi connectivity index (χ2v) is 3.21. The van der Waals surface area contributed by atoms with E-state index in [-0.39, 0.29) is 12.4 Å². The summed E-state index contributed by atoms with van der Waals surface area (Å²) < 4.78 is 54.9. The Morgan fingerprint density at radius 1 is 1.39 bits per heavy atom. The first-order valence-corrected chi connectivity index (χ1v) is 4.48. The Hall–Kier alpha value is -1.34. The number of benzene rings is 1. The molecule has 0 saturated carbocycles. The van der Waals surface area contributed by atoms with Crippen molar-refractivity contribution in [1.29, 1.82) is 0 Å². The highest BCUT2D eigenvalue weighted by atomic mass is 35.5. The van der Waals surface area contributed by atoms with Crippen molar-refractivity contribution in [2.75, 3.05) is 7.11 Å². The summed E-state index contributed by atoms with van der Waals surface area (Å²) in [4.78, 5) is 11.0. The van der Waals surface area contributed by atoms with E-state index in [1.807, 2.05) is 0 Å². The Balaban J connectivity index is 0.00000289. The van der Waals surface area contributed by atoms with Gasteiger partial charge < -0.3 is 10.5 Å². The highest BCUT2D eigenvalue weighted by Crippen LogP contribution is 2.33. The number of esters is 1. The molecule has 0 heterocycles. The molecule has 8 heteroatoms. The summed E-state index contributed by atoms with van der Waals surface area (Å²) in [6, 6.07) is 0.973. The maximum atomic E-state index is 13.5. The molecule has 1 atom stereocenters. The molecule has 0 spiro atoms. The summed E-state index contributed by atoms with van der Waals surface area (Å²) >= 11 is 0. The van der Waals surface area contributed by atoms with Gasteiger partial charge in [0.25, 0.3) is 0 Å². The van der Waals surface area contributed by atoms with Crippen molar-refractivity contribution >= 4 is 18.4 Å². The van der Waals surface area contributed by atoms with Crippen LogP contribution in [-0.4, -0.2) is 13.1 Å². The summed E-state index contributed by atoms with van der Waals surface area (Å²) in [6.07, 6.45) is -4.84. The van der Waals surface area contributed by atoms with Gasteiger partial charge in [-0.05, 0) is 6.07 Å². The monoisotopic (exact) mass is 287 g/mol. The first-order valence-electron chi connectivity index (χ1n) is 4.48. The summed E-state index contributed by atoms with van der Waals surface area (Å²) in [5, 5.41) is 0. The minimum atomic E-state index is -4.84. The van der Waals surface area contributed by atoms with E-state index in [9.17, 15) is 22.4 Å². The zero-order chi connectivity index (χ0) is 13.2. The molecule has 0 unspecified atom stereocenters. The van der Waals surface area contributed by atoms with Gasteiger partial charge in [0.2, 0.25) is 0 Å². The molecule has 1 aromatic carbocycles. The average molecular weight is 288 g/mol. The Bertz CT molecular complexity index is 436. The molecule has 2 N–H and O–H groups in total. The maximum Gasteiger partial charge on any atom is 0.419 e. The van der Waals surface area contributed by atoms with Crippen LogP contribution in [0.25, 0.3) is 0 Å². The van der Waals surface area contributed by atoms with E-state index in [0.29, 0.717) is 6.07 Å². The molecule has 1 rings (SSSR count). The van der Waals surface area contributed by atoms with Crippen molar-refractivity contribution in [1.82, 2.24) is 0 Å². The van der Waals surface area contributed by atoms with Crippen molar-refractivity contribution in [2.24, 2.45) is 5.73 Å². The van der Waals surface area contributed by atoms with Gasteiger partial charge in [0, 0.05) is 5.56 Å². The number of alkyl halides is 3. The molecule has 0 saturated heterocycles. The molecule has 0 radical (unpaired) electrons. The molecule has 0 aliphatic heterocycles. The third kappa shape index (κ3) is 3.33. The summed E-state index contributed by atoms with van der Waals surface area (Å²) in [6.45, 7) is 0. The quantitative estimate of drug-likeness (QED) is 0.671. The van der Waals surface area contributed by atoms with Gasteiger partial charge in [-0.3, -0.25) is 4.79 Å². The SMILES string of the molecule is COC(=O)[C@@H](N)c1cccc(C(F)(F)F)c1F.Cl. The van der Waals surface area contributed by atoms with Gasteiger partial charge in [-0.2, -0.15) is 13.2 Å². The molecule has 0 aromatic heterocycles. The van der Waals surface area contributed by atoms with Crippen LogP contribution in [-0.2, 0) is 15.7 Å². The lowest BCUT2D eigenvalue weighted by atomic mass is 10.0.